The average molecular weight is 276 g/mol. The van der Waals surface area contributed by atoms with Gasteiger partial charge in [-0.05, 0) is 39.7 Å². The van der Waals surface area contributed by atoms with E-state index in [0.29, 0.717) is 6.42 Å². The molecule has 1 aliphatic rings. The molecule has 0 aromatic heterocycles. The van der Waals surface area contributed by atoms with Gasteiger partial charge in [0.15, 0.2) is 5.17 Å². The van der Waals surface area contributed by atoms with E-state index < -0.39 is 4.75 Å². The molecule has 0 saturated heterocycles. The highest BCUT2D eigenvalue weighted by Crippen LogP contribution is 2.36. The third-order valence-corrected chi connectivity index (χ3v) is 4.00. The molecular formula is C15H20N2OS. The van der Waals surface area contributed by atoms with E-state index in [1.165, 1.54) is 11.8 Å². The van der Waals surface area contributed by atoms with Gasteiger partial charge in [-0.2, -0.15) is 4.99 Å². The van der Waals surface area contributed by atoms with E-state index in [-0.39, 0.29) is 11.4 Å². The van der Waals surface area contributed by atoms with Gasteiger partial charge in [-0.3, -0.25) is 4.79 Å². The van der Waals surface area contributed by atoms with Crippen molar-refractivity contribution in [2.24, 2.45) is 4.99 Å². The third-order valence-electron chi connectivity index (χ3n) is 2.84. The first-order valence-electron chi connectivity index (χ1n) is 6.43. The van der Waals surface area contributed by atoms with Crippen LogP contribution in [0.2, 0.25) is 0 Å². The quantitative estimate of drug-likeness (QED) is 0.903. The van der Waals surface area contributed by atoms with E-state index in [9.17, 15) is 4.79 Å². The Morgan fingerprint density at radius 2 is 1.89 bits per heavy atom. The Morgan fingerprint density at radius 3 is 2.47 bits per heavy atom. The zero-order valence-electron chi connectivity index (χ0n) is 11.9. The maximum atomic E-state index is 12.1. The second kappa shape index (κ2) is 5.00. The summed E-state index contributed by atoms with van der Waals surface area (Å²) in [5.74, 6) is -0.0481. The van der Waals surface area contributed by atoms with Gasteiger partial charge in [-0.15, -0.1) is 0 Å². The zero-order chi connectivity index (χ0) is 14.1. The summed E-state index contributed by atoms with van der Waals surface area (Å²) >= 11 is 1.53. The fraction of sp³-hybridized carbons (Fsp3) is 0.467. The van der Waals surface area contributed by atoms with E-state index in [2.05, 4.69) is 31.1 Å². The number of amidine groups is 1. The Hall–Kier alpha value is -1.29. The van der Waals surface area contributed by atoms with Crippen molar-refractivity contribution in [3.8, 4) is 0 Å². The van der Waals surface area contributed by atoms with Gasteiger partial charge in [0, 0.05) is 5.54 Å². The topological polar surface area (TPSA) is 41.5 Å². The molecule has 0 saturated carbocycles. The number of thioether (sulfide) groups is 1. The van der Waals surface area contributed by atoms with Crippen molar-refractivity contribution in [3.63, 3.8) is 0 Å². The van der Waals surface area contributed by atoms with Crippen LogP contribution in [0.5, 0.6) is 0 Å². The van der Waals surface area contributed by atoms with Crippen LogP contribution in [0.15, 0.2) is 35.3 Å². The van der Waals surface area contributed by atoms with Gasteiger partial charge in [0.2, 0.25) is 0 Å². The second-order valence-corrected chi connectivity index (χ2v) is 7.58. The normalized spacial score (nSPS) is 23.4. The highest BCUT2D eigenvalue weighted by Gasteiger charge is 2.41. The zero-order valence-corrected chi connectivity index (χ0v) is 12.7. The average Bonchev–Trinajstić information content (AvgIpc) is 2.52. The molecule has 0 aliphatic carbocycles. The lowest BCUT2D eigenvalue weighted by Gasteiger charge is -2.24. The maximum absolute atomic E-state index is 12.1. The molecule has 0 radical (unpaired) electrons. The molecule has 1 aromatic carbocycles. The summed E-state index contributed by atoms with van der Waals surface area (Å²) in [6, 6.07) is 10.1. The molecule has 0 fully saturated rings. The van der Waals surface area contributed by atoms with Crippen LogP contribution in [-0.2, 0) is 11.2 Å². The monoisotopic (exact) mass is 276 g/mol. The van der Waals surface area contributed by atoms with Crippen LogP contribution in [0.1, 0.15) is 33.3 Å². The van der Waals surface area contributed by atoms with E-state index in [0.717, 1.165) is 10.7 Å². The molecule has 1 aromatic rings. The number of rotatable bonds is 2. The van der Waals surface area contributed by atoms with E-state index in [4.69, 9.17) is 0 Å². The Morgan fingerprint density at radius 1 is 1.26 bits per heavy atom. The number of aliphatic imine (C=N–C) groups is 1. The van der Waals surface area contributed by atoms with Crippen LogP contribution in [-0.4, -0.2) is 21.4 Å². The molecule has 0 bridgehead atoms. The number of carbonyl (C=O) groups excluding carboxylic acids is 1. The summed E-state index contributed by atoms with van der Waals surface area (Å²) in [5.41, 5.74) is 1.09. The van der Waals surface area contributed by atoms with Crippen LogP contribution in [0.3, 0.4) is 0 Å². The summed E-state index contributed by atoms with van der Waals surface area (Å²) in [4.78, 5) is 16.3. The lowest BCUT2D eigenvalue weighted by Crippen LogP contribution is -2.39. The lowest BCUT2D eigenvalue weighted by atomic mass is 10.00. The summed E-state index contributed by atoms with van der Waals surface area (Å²) in [7, 11) is 0. The molecule has 102 valence electrons. The Kier molecular flexibility index (Phi) is 3.72. The molecular weight excluding hydrogens is 256 g/mol. The van der Waals surface area contributed by atoms with Crippen LogP contribution in [0.4, 0.5) is 0 Å². The molecule has 1 amide bonds. The molecule has 1 N–H and O–H groups in total. The molecule has 0 spiro atoms. The second-order valence-electron chi connectivity index (χ2n) is 6.09. The van der Waals surface area contributed by atoms with Gasteiger partial charge in [0.05, 0.1) is 0 Å². The van der Waals surface area contributed by atoms with E-state index in [1.807, 2.05) is 37.3 Å². The van der Waals surface area contributed by atoms with Crippen molar-refractivity contribution in [1.82, 2.24) is 5.32 Å². The van der Waals surface area contributed by atoms with Gasteiger partial charge in [-0.25, -0.2) is 0 Å². The summed E-state index contributed by atoms with van der Waals surface area (Å²) in [6.45, 7) is 8.15. The van der Waals surface area contributed by atoms with Crippen molar-refractivity contribution in [2.45, 2.75) is 44.4 Å². The number of amides is 1. The predicted molar refractivity (Wildman–Crippen MR) is 81.5 cm³/mol. The SMILES string of the molecule is CC(C)(C)NC1=NC(=O)[C@@](C)(Cc2ccccc2)S1. The van der Waals surface area contributed by atoms with Crippen molar-refractivity contribution in [2.75, 3.05) is 0 Å². The van der Waals surface area contributed by atoms with Crippen LogP contribution >= 0.6 is 11.8 Å². The number of hydrogen-bond donors (Lipinski definition) is 1. The van der Waals surface area contributed by atoms with Crippen molar-refractivity contribution in [1.29, 1.82) is 0 Å². The highest BCUT2D eigenvalue weighted by atomic mass is 32.2. The van der Waals surface area contributed by atoms with Gasteiger partial charge < -0.3 is 5.32 Å². The maximum Gasteiger partial charge on any atom is 0.264 e. The molecule has 1 atom stereocenters. The molecule has 1 aliphatic heterocycles. The smallest absolute Gasteiger partial charge is 0.264 e. The number of hydrogen-bond acceptors (Lipinski definition) is 3. The van der Waals surface area contributed by atoms with Gasteiger partial charge >= 0.3 is 0 Å². The molecule has 0 unspecified atom stereocenters. The first kappa shape index (κ1) is 14.1. The lowest BCUT2D eigenvalue weighted by molar-refractivity contribution is -0.119. The van der Waals surface area contributed by atoms with Crippen LogP contribution in [0, 0.1) is 0 Å². The number of nitrogens with zero attached hydrogens (tertiary/aromatic N) is 1. The number of benzene rings is 1. The Bertz CT molecular complexity index is 505. The minimum atomic E-state index is -0.491. The van der Waals surface area contributed by atoms with Crippen molar-refractivity contribution < 1.29 is 4.79 Å². The first-order valence-corrected chi connectivity index (χ1v) is 7.24. The molecule has 2 rings (SSSR count). The standard InChI is InChI=1S/C15H20N2OS/c1-14(2,3)17-13-16-12(18)15(4,19-13)10-11-8-6-5-7-9-11/h5-9H,10H2,1-4H3,(H,16,17,18)/t15-/m1/s1. The number of nitrogens with one attached hydrogen (secondary N) is 1. The molecule has 4 heteroatoms. The van der Waals surface area contributed by atoms with Gasteiger partial charge in [0.1, 0.15) is 4.75 Å². The van der Waals surface area contributed by atoms with E-state index in [1.54, 1.807) is 0 Å². The number of carbonyl (C=O) groups is 1. The fourth-order valence-corrected chi connectivity index (χ4v) is 3.25. The fourth-order valence-electron chi connectivity index (χ4n) is 1.96. The minimum absolute atomic E-state index is 0.0481. The Balaban J connectivity index is 2.09. The van der Waals surface area contributed by atoms with E-state index >= 15 is 0 Å². The molecule has 1 heterocycles. The van der Waals surface area contributed by atoms with Gasteiger partial charge in [0.25, 0.3) is 5.91 Å². The third kappa shape index (κ3) is 3.60. The molecule has 3 nitrogen and oxygen atoms in total. The summed E-state index contributed by atoms with van der Waals surface area (Å²) in [5, 5.41) is 4.01. The summed E-state index contributed by atoms with van der Waals surface area (Å²) < 4.78 is -0.491. The predicted octanol–water partition coefficient (Wildman–Crippen LogP) is 3.01. The van der Waals surface area contributed by atoms with Crippen LogP contribution < -0.4 is 5.32 Å². The van der Waals surface area contributed by atoms with Crippen molar-refractivity contribution >= 4 is 22.8 Å². The van der Waals surface area contributed by atoms with Gasteiger partial charge in [-0.1, -0.05) is 42.1 Å². The Labute approximate surface area is 118 Å². The first-order chi connectivity index (χ1) is 8.78. The summed E-state index contributed by atoms with van der Waals surface area (Å²) in [6.07, 6.45) is 0.705. The van der Waals surface area contributed by atoms with Crippen molar-refractivity contribution in [3.05, 3.63) is 35.9 Å². The minimum Gasteiger partial charge on any atom is -0.360 e. The van der Waals surface area contributed by atoms with Crippen LogP contribution in [0.25, 0.3) is 0 Å². The molecule has 19 heavy (non-hydrogen) atoms. The highest BCUT2D eigenvalue weighted by molar-refractivity contribution is 8.16. The largest absolute Gasteiger partial charge is 0.360 e.